The molecule has 1 saturated carbocycles. The fourth-order valence-corrected chi connectivity index (χ4v) is 1.14. The van der Waals surface area contributed by atoms with Crippen LogP contribution in [0.2, 0.25) is 0 Å². The lowest BCUT2D eigenvalue weighted by Crippen LogP contribution is -1.96. The van der Waals surface area contributed by atoms with Gasteiger partial charge in [0.25, 0.3) is 0 Å². The van der Waals surface area contributed by atoms with Gasteiger partial charge in [-0.1, -0.05) is 24.3 Å². The minimum absolute atomic E-state index is 0.720. The maximum absolute atomic E-state index is 5.51. The van der Waals surface area contributed by atoms with Gasteiger partial charge in [0.2, 0.25) is 0 Å². The van der Waals surface area contributed by atoms with Gasteiger partial charge in [0.1, 0.15) is 0 Å². The average molecular weight is 161 g/mol. The number of hydrogen-bond donors (Lipinski definition) is 0. The monoisotopic (exact) mass is 161 g/mol. The van der Waals surface area contributed by atoms with E-state index in [-0.39, 0.29) is 0 Å². The van der Waals surface area contributed by atoms with Crippen molar-refractivity contribution in [2.45, 2.75) is 19.4 Å². The van der Waals surface area contributed by atoms with Gasteiger partial charge in [0.05, 0.1) is 6.61 Å². The van der Waals surface area contributed by atoms with E-state index in [2.05, 4.69) is 6.07 Å². The first-order chi connectivity index (χ1) is 5.95. The maximum Gasteiger partial charge on any atom is 0.0723 e. The van der Waals surface area contributed by atoms with Crippen molar-refractivity contribution in [3.63, 3.8) is 0 Å². The van der Waals surface area contributed by atoms with Gasteiger partial charge < -0.3 is 4.74 Å². The first-order valence-corrected chi connectivity index (χ1v) is 4.48. The summed E-state index contributed by atoms with van der Waals surface area (Å²) < 4.78 is 5.51. The van der Waals surface area contributed by atoms with Crippen LogP contribution in [0.15, 0.2) is 24.3 Å². The van der Waals surface area contributed by atoms with E-state index in [4.69, 9.17) is 4.74 Å². The average Bonchev–Trinajstić information content (AvgIpc) is 2.90. The van der Waals surface area contributed by atoms with Crippen molar-refractivity contribution >= 4 is 0 Å². The van der Waals surface area contributed by atoms with Crippen molar-refractivity contribution < 1.29 is 4.74 Å². The maximum atomic E-state index is 5.51. The molecule has 0 aromatic heterocycles. The molecule has 0 unspecified atom stereocenters. The molecule has 2 rings (SSSR count). The van der Waals surface area contributed by atoms with E-state index in [0.717, 1.165) is 24.7 Å². The summed E-state index contributed by atoms with van der Waals surface area (Å²) >= 11 is 0. The molecule has 0 aliphatic heterocycles. The van der Waals surface area contributed by atoms with E-state index in [9.17, 15) is 0 Å². The number of hydrogen-bond acceptors (Lipinski definition) is 1. The quantitative estimate of drug-likeness (QED) is 0.659. The third kappa shape index (κ3) is 2.35. The Morgan fingerprint density at radius 3 is 3.00 bits per heavy atom. The van der Waals surface area contributed by atoms with Gasteiger partial charge in [0.15, 0.2) is 0 Å². The molecule has 1 fully saturated rings. The van der Waals surface area contributed by atoms with E-state index >= 15 is 0 Å². The van der Waals surface area contributed by atoms with Crippen LogP contribution in [0.4, 0.5) is 0 Å². The summed E-state index contributed by atoms with van der Waals surface area (Å²) in [5.41, 5.74) is 1.15. The highest BCUT2D eigenvalue weighted by atomic mass is 16.5. The van der Waals surface area contributed by atoms with Crippen LogP contribution in [0.25, 0.3) is 0 Å². The molecule has 0 heterocycles. The Balaban J connectivity index is 1.72. The lowest BCUT2D eigenvalue weighted by molar-refractivity contribution is 0.111. The number of benzene rings is 1. The van der Waals surface area contributed by atoms with Gasteiger partial charge >= 0.3 is 0 Å². The summed E-state index contributed by atoms with van der Waals surface area (Å²) in [5, 5.41) is 0. The predicted molar refractivity (Wildman–Crippen MR) is 47.7 cm³/mol. The molecule has 12 heavy (non-hydrogen) atoms. The van der Waals surface area contributed by atoms with E-state index in [1.165, 1.54) is 12.8 Å². The largest absolute Gasteiger partial charge is 0.376 e. The van der Waals surface area contributed by atoms with Gasteiger partial charge in [0, 0.05) is 6.61 Å². The molecule has 63 valence electrons. The molecular weight excluding hydrogens is 148 g/mol. The predicted octanol–water partition coefficient (Wildman–Crippen LogP) is 2.41. The Labute approximate surface area is 73.4 Å². The molecule has 1 aromatic rings. The summed E-state index contributed by atoms with van der Waals surface area (Å²) in [4.78, 5) is 0. The topological polar surface area (TPSA) is 9.23 Å². The third-order valence-corrected chi connectivity index (χ3v) is 2.08. The Morgan fingerprint density at radius 1 is 1.42 bits per heavy atom. The van der Waals surface area contributed by atoms with Gasteiger partial charge in [-0.3, -0.25) is 0 Å². The molecule has 1 nitrogen and oxygen atoms in total. The van der Waals surface area contributed by atoms with Gasteiger partial charge in [-0.2, -0.15) is 0 Å². The standard InChI is InChI=1S/C11H13O/c1-2-4-10(5-3-1)8-12-9-11-6-7-11/h1-4,11H,6-9H2. The van der Waals surface area contributed by atoms with Crippen LogP contribution in [-0.4, -0.2) is 6.61 Å². The summed E-state index contributed by atoms with van der Waals surface area (Å²) in [5.74, 6) is 0.855. The normalized spacial score (nSPS) is 16.3. The molecule has 1 radical (unpaired) electrons. The molecule has 0 N–H and O–H groups in total. The molecule has 1 aliphatic carbocycles. The smallest absolute Gasteiger partial charge is 0.0723 e. The third-order valence-electron chi connectivity index (χ3n) is 2.08. The second kappa shape index (κ2) is 3.72. The number of rotatable bonds is 4. The highest BCUT2D eigenvalue weighted by Crippen LogP contribution is 2.28. The summed E-state index contributed by atoms with van der Waals surface area (Å²) in [6.45, 7) is 1.65. The Bertz CT molecular complexity index is 226. The molecule has 1 aromatic carbocycles. The van der Waals surface area contributed by atoms with E-state index in [1.54, 1.807) is 0 Å². The zero-order valence-corrected chi connectivity index (χ0v) is 7.12. The van der Waals surface area contributed by atoms with Crippen molar-refractivity contribution in [3.8, 4) is 0 Å². The lowest BCUT2D eigenvalue weighted by Gasteiger charge is -2.01. The highest BCUT2D eigenvalue weighted by molar-refractivity contribution is 5.11. The molecule has 0 bridgehead atoms. The van der Waals surface area contributed by atoms with Crippen LogP contribution in [0.1, 0.15) is 18.4 Å². The SMILES string of the molecule is [c]1ccccc1COCC1CC1. The zero-order chi connectivity index (χ0) is 8.23. The summed E-state index contributed by atoms with van der Waals surface area (Å²) in [6.07, 6.45) is 2.72. The Morgan fingerprint density at radius 2 is 2.33 bits per heavy atom. The van der Waals surface area contributed by atoms with Crippen LogP contribution < -0.4 is 0 Å². The van der Waals surface area contributed by atoms with E-state index in [1.807, 2.05) is 24.3 Å². The fourth-order valence-electron chi connectivity index (χ4n) is 1.14. The van der Waals surface area contributed by atoms with Crippen molar-refractivity contribution in [2.75, 3.05) is 6.61 Å². The second-order valence-corrected chi connectivity index (χ2v) is 3.35. The molecule has 1 heteroatoms. The molecule has 1 aliphatic rings. The summed E-state index contributed by atoms with van der Waals surface area (Å²) in [6, 6.07) is 11.1. The van der Waals surface area contributed by atoms with Crippen molar-refractivity contribution in [1.29, 1.82) is 0 Å². The zero-order valence-electron chi connectivity index (χ0n) is 7.12. The van der Waals surface area contributed by atoms with Crippen LogP contribution in [0, 0.1) is 12.0 Å². The van der Waals surface area contributed by atoms with Crippen LogP contribution >= 0.6 is 0 Å². The first kappa shape index (κ1) is 7.81. The van der Waals surface area contributed by atoms with Crippen LogP contribution in [-0.2, 0) is 11.3 Å². The molecule has 0 amide bonds. The Hall–Kier alpha value is -0.820. The van der Waals surface area contributed by atoms with Gasteiger partial charge in [-0.15, -0.1) is 0 Å². The van der Waals surface area contributed by atoms with Crippen molar-refractivity contribution in [3.05, 3.63) is 35.9 Å². The summed E-state index contributed by atoms with van der Waals surface area (Å²) in [7, 11) is 0. The lowest BCUT2D eigenvalue weighted by atomic mass is 10.2. The molecule has 0 atom stereocenters. The molecular formula is C11H13O. The minimum Gasteiger partial charge on any atom is -0.376 e. The van der Waals surface area contributed by atoms with E-state index in [0.29, 0.717) is 0 Å². The van der Waals surface area contributed by atoms with E-state index < -0.39 is 0 Å². The second-order valence-electron chi connectivity index (χ2n) is 3.35. The first-order valence-electron chi connectivity index (χ1n) is 4.48. The van der Waals surface area contributed by atoms with Gasteiger partial charge in [-0.25, -0.2) is 0 Å². The number of ether oxygens (including phenoxy) is 1. The molecule has 0 spiro atoms. The Kier molecular flexibility index (Phi) is 2.42. The van der Waals surface area contributed by atoms with Crippen LogP contribution in [0.3, 0.4) is 0 Å². The van der Waals surface area contributed by atoms with Crippen molar-refractivity contribution in [2.24, 2.45) is 5.92 Å². The fraction of sp³-hybridized carbons (Fsp3) is 0.455. The minimum atomic E-state index is 0.720. The van der Waals surface area contributed by atoms with Crippen LogP contribution in [0.5, 0.6) is 0 Å². The van der Waals surface area contributed by atoms with Gasteiger partial charge in [-0.05, 0) is 30.4 Å². The molecule has 0 saturated heterocycles. The van der Waals surface area contributed by atoms with Crippen molar-refractivity contribution in [1.82, 2.24) is 0 Å². The highest BCUT2D eigenvalue weighted by Gasteiger charge is 2.20.